The van der Waals surface area contributed by atoms with E-state index in [0.717, 1.165) is 16.7 Å². The van der Waals surface area contributed by atoms with E-state index in [1.165, 1.54) is 0 Å². The van der Waals surface area contributed by atoms with Gasteiger partial charge < -0.3 is 10.8 Å². The number of nitrogens with two attached hydrogens (primary N) is 1. The van der Waals surface area contributed by atoms with E-state index < -0.39 is 0 Å². The van der Waals surface area contributed by atoms with Crippen LogP contribution in [0.1, 0.15) is 5.56 Å². The minimum atomic E-state index is 0.290. The molecule has 0 radical (unpaired) electrons. The van der Waals surface area contributed by atoms with Gasteiger partial charge in [0.15, 0.2) is 0 Å². The van der Waals surface area contributed by atoms with Crippen LogP contribution in [-0.4, -0.2) is 5.11 Å². The molecule has 0 spiro atoms. The Morgan fingerprint density at radius 2 is 1.47 bits per heavy atom. The fraction of sp³-hybridized carbons (Fsp3) is 0.0769. The normalized spacial score (nSPS) is 10.2. The van der Waals surface area contributed by atoms with E-state index in [4.69, 9.17) is 5.73 Å². The van der Waals surface area contributed by atoms with Crippen LogP contribution in [0.25, 0.3) is 11.1 Å². The summed E-state index contributed by atoms with van der Waals surface area (Å²) in [6.45, 7) is 0.477. The molecule has 2 aromatic rings. The number of benzene rings is 2. The fourth-order valence-corrected chi connectivity index (χ4v) is 1.66. The molecule has 0 unspecified atom stereocenters. The maximum Gasteiger partial charge on any atom is 0.123 e. The maximum atomic E-state index is 9.74. The van der Waals surface area contributed by atoms with Crippen molar-refractivity contribution in [2.24, 2.45) is 5.73 Å². The molecule has 15 heavy (non-hydrogen) atoms. The predicted octanol–water partition coefficient (Wildman–Crippen LogP) is 2.52. The van der Waals surface area contributed by atoms with E-state index in [1.807, 2.05) is 42.5 Å². The molecule has 0 saturated heterocycles. The summed E-state index contributed by atoms with van der Waals surface area (Å²) in [5.74, 6) is 0.290. The molecule has 0 aliphatic carbocycles. The lowest BCUT2D eigenvalue weighted by Crippen LogP contribution is -1.98. The molecule has 3 N–H and O–H groups in total. The van der Waals surface area contributed by atoms with Crippen molar-refractivity contribution in [2.75, 3.05) is 0 Å². The highest BCUT2D eigenvalue weighted by Crippen LogP contribution is 2.30. The Kier molecular flexibility index (Phi) is 2.70. The van der Waals surface area contributed by atoms with E-state index in [2.05, 4.69) is 0 Å². The fourth-order valence-electron chi connectivity index (χ4n) is 1.66. The first-order valence-corrected chi connectivity index (χ1v) is 4.89. The topological polar surface area (TPSA) is 46.2 Å². The summed E-state index contributed by atoms with van der Waals surface area (Å²) in [5, 5.41) is 9.74. The summed E-state index contributed by atoms with van der Waals surface area (Å²) in [6, 6.07) is 15.1. The quantitative estimate of drug-likeness (QED) is 0.780. The first-order valence-electron chi connectivity index (χ1n) is 4.89. The van der Waals surface area contributed by atoms with Crippen molar-refractivity contribution < 1.29 is 5.11 Å². The van der Waals surface area contributed by atoms with Gasteiger partial charge in [-0.2, -0.15) is 0 Å². The molecule has 0 fully saturated rings. The van der Waals surface area contributed by atoms with E-state index >= 15 is 0 Å². The number of aromatic hydroxyl groups is 1. The van der Waals surface area contributed by atoms with Gasteiger partial charge in [0, 0.05) is 12.1 Å². The molecular weight excluding hydrogens is 186 g/mol. The third-order valence-corrected chi connectivity index (χ3v) is 2.43. The molecule has 2 aromatic carbocycles. The average Bonchev–Trinajstić information content (AvgIpc) is 2.30. The monoisotopic (exact) mass is 199 g/mol. The van der Waals surface area contributed by atoms with Crippen LogP contribution in [0.5, 0.6) is 5.75 Å². The highest BCUT2D eigenvalue weighted by Gasteiger charge is 2.06. The van der Waals surface area contributed by atoms with E-state index in [9.17, 15) is 5.11 Å². The second kappa shape index (κ2) is 4.15. The highest BCUT2D eigenvalue weighted by atomic mass is 16.3. The first-order chi connectivity index (χ1) is 7.33. The van der Waals surface area contributed by atoms with Crippen LogP contribution in [0.4, 0.5) is 0 Å². The molecule has 2 nitrogen and oxygen atoms in total. The SMILES string of the molecule is NCc1ccccc1-c1ccccc1O. The molecule has 0 saturated carbocycles. The van der Waals surface area contributed by atoms with Gasteiger partial charge in [-0.05, 0) is 17.2 Å². The van der Waals surface area contributed by atoms with Crippen molar-refractivity contribution in [3.05, 3.63) is 54.1 Å². The zero-order valence-electron chi connectivity index (χ0n) is 8.35. The van der Waals surface area contributed by atoms with Crippen LogP contribution in [0.15, 0.2) is 48.5 Å². The molecule has 2 rings (SSSR count). The third kappa shape index (κ3) is 1.85. The molecule has 0 atom stereocenters. The predicted molar refractivity (Wildman–Crippen MR) is 61.4 cm³/mol. The van der Waals surface area contributed by atoms with Gasteiger partial charge in [-0.25, -0.2) is 0 Å². The Morgan fingerprint density at radius 3 is 2.13 bits per heavy atom. The second-order valence-corrected chi connectivity index (χ2v) is 3.38. The summed E-state index contributed by atoms with van der Waals surface area (Å²) in [7, 11) is 0. The Labute approximate surface area is 89.0 Å². The number of para-hydroxylation sites is 1. The number of hydrogen-bond acceptors (Lipinski definition) is 2. The molecule has 0 bridgehead atoms. The van der Waals surface area contributed by atoms with Crippen molar-refractivity contribution in [3.63, 3.8) is 0 Å². The summed E-state index contributed by atoms with van der Waals surface area (Å²) in [6.07, 6.45) is 0. The number of hydrogen-bond donors (Lipinski definition) is 2. The van der Waals surface area contributed by atoms with Crippen molar-refractivity contribution in [1.82, 2.24) is 0 Å². The molecular formula is C13H13NO. The molecule has 0 aromatic heterocycles. The standard InChI is InChI=1S/C13H13NO/c14-9-10-5-1-2-6-11(10)12-7-3-4-8-13(12)15/h1-8,15H,9,14H2. The van der Waals surface area contributed by atoms with Gasteiger partial charge in [0.05, 0.1) is 0 Å². The van der Waals surface area contributed by atoms with Crippen molar-refractivity contribution >= 4 is 0 Å². The van der Waals surface area contributed by atoms with Crippen LogP contribution in [0.3, 0.4) is 0 Å². The zero-order chi connectivity index (χ0) is 10.7. The third-order valence-electron chi connectivity index (χ3n) is 2.43. The molecule has 0 aliphatic rings. The lowest BCUT2D eigenvalue weighted by Gasteiger charge is -2.08. The average molecular weight is 199 g/mol. The largest absolute Gasteiger partial charge is 0.507 e. The van der Waals surface area contributed by atoms with Crippen LogP contribution >= 0.6 is 0 Å². The van der Waals surface area contributed by atoms with Crippen molar-refractivity contribution in [3.8, 4) is 16.9 Å². The summed E-state index contributed by atoms with van der Waals surface area (Å²) < 4.78 is 0. The van der Waals surface area contributed by atoms with Gasteiger partial charge >= 0.3 is 0 Å². The number of rotatable bonds is 2. The first kappa shape index (κ1) is 9.74. The van der Waals surface area contributed by atoms with Gasteiger partial charge in [0.2, 0.25) is 0 Å². The summed E-state index contributed by atoms with van der Waals surface area (Å²) in [4.78, 5) is 0. The maximum absolute atomic E-state index is 9.74. The van der Waals surface area contributed by atoms with Crippen LogP contribution < -0.4 is 5.73 Å². The lowest BCUT2D eigenvalue weighted by atomic mass is 9.99. The van der Waals surface area contributed by atoms with Crippen molar-refractivity contribution in [1.29, 1.82) is 0 Å². The molecule has 0 amide bonds. The zero-order valence-corrected chi connectivity index (χ0v) is 8.35. The van der Waals surface area contributed by atoms with E-state index in [0.29, 0.717) is 12.3 Å². The lowest BCUT2D eigenvalue weighted by molar-refractivity contribution is 0.477. The Bertz CT molecular complexity index is 466. The van der Waals surface area contributed by atoms with Gasteiger partial charge in [0.25, 0.3) is 0 Å². The van der Waals surface area contributed by atoms with E-state index in [1.54, 1.807) is 6.07 Å². The van der Waals surface area contributed by atoms with Gasteiger partial charge in [-0.15, -0.1) is 0 Å². The van der Waals surface area contributed by atoms with Gasteiger partial charge in [-0.3, -0.25) is 0 Å². The second-order valence-electron chi connectivity index (χ2n) is 3.38. The number of phenols is 1. The summed E-state index contributed by atoms with van der Waals surface area (Å²) in [5.41, 5.74) is 8.53. The Morgan fingerprint density at radius 1 is 0.867 bits per heavy atom. The minimum Gasteiger partial charge on any atom is -0.507 e. The molecule has 0 heterocycles. The summed E-state index contributed by atoms with van der Waals surface area (Å²) >= 11 is 0. The van der Waals surface area contributed by atoms with Gasteiger partial charge in [0.1, 0.15) is 5.75 Å². The van der Waals surface area contributed by atoms with Crippen LogP contribution in [-0.2, 0) is 6.54 Å². The Balaban J connectivity index is 2.59. The molecule has 0 aliphatic heterocycles. The minimum absolute atomic E-state index is 0.290. The van der Waals surface area contributed by atoms with E-state index in [-0.39, 0.29) is 0 Å². The smallest absolute Gasteiger partial charge is 0.123 e. The van der Waals surface area contributed by atoms with Gasteiger partial charge in [-0.1, -0.05) is 42.5 Å². The molecule has 2 heteroatoms. The highest BCUT2D eigenvalue weighted by molar-refractivity contribution is 5.72. The number of phenolic OH excluding ortho intramolecular Hbond substituents is 1. The van der Waals surface area contributed by atoms with Crippen molar-refractivity contribution in [2.45, 2.75) is 6.54 Å². The van der Waals surface area contributed by atoms with Crippen LogP contribution in [0.2, 0.25) is 0 Å². The molecule has 76 valence electrons. The van der Waals surface area contributed by atoms with Crippen LogP contribution in [0, 0.1) is 0 Å². The Hall–Kier alpha value is -1.80.